The highest BCUT2D eigenvalue weighted by atomic mass is 32.2. The molecule has 0 aromatic heterocycles. The van der Waals surface area contributed by atoms with Gasteiger partial charge in [0.25, 0.3) is 0 Å². The van der Waals surface area contributed by atoms with E-state index in [9.17, 15) is 8.42 Å². The largest absolute Gasteiger partial charge is 0.496 e. The summed E-state index contributed by atoms with van der Waals surface area (Å²) in [6.45, 7) is 2.65. The van der Waals surface area contributed by atoms with Gasteiger partial charge < -0.3 is 15.4 Å². The van der Waals surface area contributed by atoms with Crippen LogP contribution in [-0.2, 0) is 16.6 Å². The number of nitrogens with zero attached hydrogens (tertiary/aromatic N) is 1. The van der Waals surface area contributed by atoms with Gasteiger partial charge in [-0.05, 0) is 44.1 Å². The molecule has 0 saturated carbocycles. The standard InChI is InChI=1S/C14H23N3O3S/c1-17-6-5-11(10-17)9-16-21(18,19)13-3-4-14(20-2)12(7-13)8-15/h3-4,7,11,16H,5-6,8-10,15H2,1-2H3. The lowest BCUT2D eigenvalue weighted by molar-refractivity contribution is 0.394. The van der Waals surface area contributed by atoms with E-state index in [2.05, 4.69) is 9.62 Å². The van der Waals surface area contributed by atoms with E-state index in [0.717, 1.165) is 19.5 Å². The number of likely N-dealkylation sites (tertiary alicyclic amines) is 1. The van der Waals surface area contributed by atoms with Gasteiger partial charge in [0.2, 0.25) is 10.0 Å². The minimum absolute atomic E-state index is 0.232. The molecule has 1 aromatic rings. The van der Waals surface area contributed by atoms with E-state index in [1.807, 2.05) is 7.05 Å². The summed E-state index contributed by atoms with van der Waals surface area (Å²) in [6.07, 6.45) is 1.02. The topological polar surface area (TPSA) is 84.7 Å². The number of hydrogen-bond donors (Lipinski definition) is 2. The number of benzene rings is 1. The second-order valence-corrected chi connectivity index (χ2v) is 7.21. The number of rotatable bonds is 6. The Kier molecular flexibility index (Phi) is 5.21. The van der Waals surface area contributed by atoms with Crippen molar-refractivity contribution in [3.05, 3.63) is 23.8 Å². The number of hydrogen-bond acceptors (Lipinski definition) is 5. The van der Waals surface area contributed by atoms with Crippen molar-refractivity contribution in [1.29, 1.82) is 0 Å². The Morgan fingerprint density at radius 2 is 2.24 bits per heavy atom. The summed E-state index contributed by atoms with van der Waals surface area (Å²) in [7, 11) is 0.0839. The molecule has 1 aliphatic rings. The average Bonchev–Trinajstić information content (AvgIpc) is 2.90. The maximum absolute atomic E-state index is 12.3. The molecule has 1 heterocycles. The molecule has 1 atom stereocenters. The van der Waals surface area contributed by atoms with E-state index in [-0.39, 0.29) is 11.4 Å². The number of sulfonamides is 1. The van der Waals surface area contributed by atoms with E-state index in [1.54, 1.807) is 18.2 Å². The van der Waals surface area contributed by atoms with Crippen LogP contribution in [0.4, 0.5) is 0 Å². The van der Waals surface area contributed by atoms with Gasteiger partial charge in [-0.2, -0.15) is 0 Å². The first-order valence-corrected chi connectivity index (χ1v) is 8.49. The van der Waals surface area contributed by atoms with Crippen LogP contribution in [0.15, 0.2) is 23.1 Å². The quantitative estimate of drug-likeness (QED) is 0.793. The molecule has 1 saturated heterocycles. The molecule has 1 aliphatic heterocycles. The van der Waals surface area contributed by atoms with Crippen LogP contribution in [0.2, 0.25) is 0 Å². The molecule has 21 heavy (non-hydrogen) atoms. The van der Waals surface area contributed by atoms with Gasteiger partial charge in [-0.1, -0.05) is 0 Å². The summed E-state index contributed by atoms with van der Waals surface area (Å²) >= 11 is 0. The monoisotopic (exact) mass is 313 g/mol. The van der Waals surface area contributed by atoms with Crippen LogP contribution < -0.4 is 15.2 Å². The molecular formula is C14H23N3O3S. The second-order valence-electron chi connectivity index (χ2n) is 5.45. The predicted molar refractivity (Wildman–Crippen MR) is 81.7 cm³/mol. The van der Waals surface area contributed by atoms with E-state index in [1.165, 1.54) is 7.11 Å². The minimum Gasteiger partial charge on any atom is -0.496 e. The van der Waals surface area contributed by atoms with Crippen molar-refractivity contribution in [3.63, 3.8) is 0 Å². The van der Waals surface area contributed by atoms with Crippen LogP contribution in [0.1, 0.15) is 12.0 Å². The highest BCUT2D eigenvalue weighted by Crippen LogP contribution is 2.22. The fraction of sp³-hybridized carbons (Fsp3) is 0.571. The average molecular weight is 313 g/mol. The third kappa shape index (κ3) is 3.94. The second kappa shape index (κ2) is 6.74. The Labute approximate surface area is 126 Å². The van der Waals surface area contributed by atoms with Crippen LogP contribution in [0, 0.1) is 5.92 Å². The predicted octanol–water partition coefficient (Wildman–Crippen LogP) is 0.384. The van der Waals surface area contributed by atoms with Crippen molar-refractivity contribution in [3.8, 4) is 5.75 Å². The van der Waals surface area contributed by atoms with Crippen molar-refractivity contribution >= 4 is 10.0 Å². The van der Waals surface area contributed by atoms with Crippen LogP contribution in [0.25, 0.3) is 0 Å². The van der Waals surface area contributed by atoms with Crippen molar-refractivity contribution in [1.82, 2.24) is 9.62 Å². The van der Waals surface area contributed by atoms with E-state index >= 15 is 0 Å². The molecule has 6 nitrogen and oxygen atoms in total. The summed E-state index contributed by atoms with van der Waals surface area (Å²) in [5.41, 5.74) is 6.31. The number of nitrogens with one attached hydrogen (secondary N) is 1. The molecule has 7 heteroatoms. The molecule has 0 aliphatic carbocycles. The van der Waals surface area contributed by atoms with Crippen molar-refractivity contribution in [2.24, 2.45) is 11.7 Å². The van der Waals surface area contributed by atoms with Gasteiger partial charge in [0.1, 0.15) is 5.75 Å². The molecular weight excluding hydrogens is 290 g/mol. The van der Waals surface area contributed by atoms with Gasteiger partial charge in [0.05, 0.1) is 12.0 Å². The molecule has 0 spiro atoms. The molecule has 1 unspecified atom stereocenters. The van der Waals surface area contributed by atoms with E-state index in [4.69, 9.17) is 10.5 Å². The van der Waals surface area contributed by atoms with Crippen LogP contribution in [0.5, 0.6) is 5.75 Å². The van der Waals surface area contributed by atoms with Crippen LogP contribution >= 0.6 is 0 Å². The number of ether oxygens (including phenoxy) is 1. The molecule has 1 fully saturated rings. The summed E-state index contributed by atoms with van der Waals surface area (Å²) in [5.74, 6) is 0.978. The Morgan fingerprint density at radius 3 is 2.81 bits per heavy atom. The molecule has 3 N–H and O–H groups in total. The van der Waals surface area contributed by atoms with Crippen molar-refractivity contribution in [2.45, 2.75) is 17.9 Å². The maximum Gasteiger partial charge on any atom is 0.240 e. The zero-order valence-electron chi connectivity index (χ0n) is 12.5. The maximum atomic E-state index is 12.3. The van der Waals surface area contributed by atoms with Gasteiger partial charge in [-0.25, -0.2) is 13.1 Å². The van der Waals surface area contributed by atoms with Crippen LogP contribution in [0.3, 0.4) is 0 Å². The Hall–Kier alpha value is -1.15. The summed E-state index contributed by atoms with van der Waals surface area (Å²) < 4.78 is 32.5. The molecule has 1 aromatic carbocycles. The molecule has 0 radical (unpaired) electrons. The Morgan fingerprint density at radius 1 is 1.48 bits per heavy atom. The van der Waals surface area contributed by atoms with Crippen molar-refractivity contribution in [2.75, 3.05) is 33.8 Å². The fourth-order valence-corrected chi connectivity index (χ4v) is 3.75. The third-order valence-electron chi connectivity index (χ3n) is 3.83. The lowest BCUT2D eigenvalue weighted by Crippen LogP contribution is -2.30. The van der Waals surface area contributed by atoms with Gasteiger partial charge in [-0.15, -0.1) is 0 Å². The van der Waals surface area contributed by atoms with Gasteiger partial charge >= 0.3 is 0 Å². The zero-order chi connectivity index (χ0) is 15.5. The number of nitrogens with two attached hydrogens (primary N) is 1. The normalized spacial score (nSPS) is 19.9. The van der Waals surface area contributed by atoms with E-state index < -0.39 is 10.0 Å². The number of methoxy groups -OCH3 is 1. The Balaban J connectivity index is 2.08. The zero-order valence-corrected chi connectivity index (χ0v) is 13.3. The smallest absolute Gasteiger partial charge is 0.240 e. The molecule has 118 valence electrons. The van der Waals surface area contributed by atoms with Crippen molar-refractivity contribution < 1.29 is 13.2 Å². The van der Waals surface area contributed by atoms with Gasteiger partial charge in [0.15, 0.2) is 0 Å². The summed E-state index contributed by atoms with van der Waals surface area (Å²) in [4.78, 5) is 2.44. The first-order chi connectivity index (χ1) is 9.96. The fourth-order valence-electron chi connectivity index (χ4n) is 2.59. The SMILES string of the molecule is COc1ccc(S(=O)(=O)NCC2CCN(C)C2)cc1CN. The molecule has 0 amide bonds. The Bertz CT molecular complexity index is 589. The lowest BCUT2D eigenvalue weighted by atomic mass is 10.1. The first-order valence-electron chi connectivity index (χ1n) is 7.01. The first kappa shape index (κ1) is 16.2. The third-order valence-corrected chi connectivity index (χ3v) is 5.25. The highest BCUT2D eigenvalue weighted by molar-refractivity contribution is 7.89. The lowest BCUT2D eigenvalue weighted by Gasteiger charge is -2.13. The van der Waals surface area contributed by atoms with Gasteiger partial charge in [-0.3, -0.25) is 0 Å². The minimum atomic E-state index is -3.50. The molecule has 2 rings (SSSR count). The van der Waals surface area contributed by atoms with Crippen LogP contribution in [-0.4, -0.2) is 47.1 Å². The highest BCUT2D eigenvalue weighted by Gasteiger charge is 2.22. The molecule has 0 bridgehead atoms. The summed E-state index contributed by atoms with van der Waals surface area (Å²) in [6, 6.07) is 4.75. The van der Waals surface area contributed by atoms with Gasteiger partial charge in [0, 0.05) is 25.2 Å². The van der Waals surface area contributed by atoms with E-state index in [0.29, 0.717) is 23.8 Å². The summed E-state index contributed by atoms with van der Waals surface area (Å²) in [5, 5.41) is 0.